The quantitative estimate of drug-likeness (QED) is 0.753. The number of nitrogens with two attached hydrogens (primary N) is 1. The molecule has 0 amide bonds. The summed E-state index contributed by atoms with van der Waals surface area (Å²) in [6.45, 7) is 2.03. The van der Waals surface area contributed by atoms with Gasteiger partial charge in [0, 0.05) is 12.1 Å². The van der Waals surface area contributed by atoms with Crippen LogP contribution in [0.5, 0.6) is 0 Å². The highest BCUT2D eigenvalue weighted by molar-refractivity contribution is 5.48. The molecule has 0 radical (unpaired) electrons. The summed E-state index contributed by atoms with van der Waals surface area (Å²) in [6, 6.07) is 5.68. The zero-order chi connectivity index (χ0) is 12.4. The molecule has 3 rings (SSSR count). The molecule has 94 valence electrons. The molecule has 0 saturated carbocycles. The maximum absolute atomic E-state index is 5.87. The van der Waals surface area contributed by atoms with Gasteiger partial charge in [-0.3, -0.25) is 4.98 Å². The molecule has 0 aromatic carbocycles. The predicted octanol–water partition coefficient (Wildman–Crippen LogP) is 0.521. The van der Waals surface area contributed by atoms with E-state index in [0.29, 0.717) is 11.7 Å². The van der Waals surface area contributed by atoms with Gasteiger partial charge in [-0.15, -0.1) is 5.10 Å². The smallest absolute Gasteiger partial charge is 0.199 e. The predicted molar refractivity (Wildman–Crippen MR) is 68.2 cm³/mol. The van der Waals surface area contributed by atoms with Crippen molar-refractivity contribution in [3.05, 3.63) is 30.2 Å². The molecule has 0 aliphatic carbocycles. The molecule has 1 aliphatic heterocycles. The minimum Gasteiger partial charge on any atom is -0.321 e. The number of nitrogens with zero attached hydrogens (tertiary/aromatic N) is 4. The monoisotopic (exact) mass is 244 g/mol. The van der Waals surface area contributed by atoms with E-state index in [-0.39, 0.29) is 0 Å². The fraction of sp³-hybridized carbons (Fsp3) is 0.417. The largest absolute Gasteiger partial charge is 0.321 e. The van der Waals surface area contributed by atoms with Crippen molar-refractivity contribution in [2.24, 2.45) is 0 Å². The van der Waals surface area contributed by atoms with Gasteiger partial charge < -0.3 is 11.2 Å². The van der Waals surface area contributed by atoms with Gasteiger partial charge in [-0.1, -0.05) is 6.07 Å². The number of rotatable bonds is 2. The fourth-order valence-electron chi connectivity index (χ4n) is 2.26. The molecule has 6 heteroatoms. The molecule has 18 heavy (non-hydrogen) atoms. The standard InChI is InChI=1S/C12H16N6/c13-18-12(10-3-1-2-6-15-10)16-11(17-18)9-4-7-14-8-5-9/h1-3,6,9,14H,4-5,7-8,13H2. The molecule has 0 atom stereocenters. The van der Waals surface area contributed by atoms with E-state index in [1.165, 1.54) is 4.79 Å². The Morgan fingerprint density at radius 1 is 1.28 bits per heavy atom. The minimum absolute atomic E-state index is 0.401. The van der Waals surface area contributed by atoms with Gasteiger partial charge in [0.1, 0.15) is 5.69 Å². The van der Waals surface area contributed by atoms with Crippen molar-refractivity contribution in [2.45, 2.75) is 18.8 Å². The zero-order valence-electron chi connectivity index (χ0n) is 10.1. The lowest BCUT2D eigenvalue weighted by atomic mass is 9.98. The van der Waals surface area contributed by atoms with Gasteiger partial charge in [0.2, 0.25) is 0 Å². The van der Waals surface area contributed by atoms with E-state index >= 15 is 0 Å². The normalized spacial score (nSPS) is 16.9. The number of piperidine rings is 1. The number of aromatic nitrogens is 4. The van der Waals surface area contributed by atoms with E-state index in [9.17, 15) is 0 Å². The van der Waals surface area contributed by atoms with E-state index in [2.05, 4.69) is 20.4 Å². The van der Waals surface area contributed by atoms with Gasteiger partial charge in [0.25, 0.3) is 0 Å². The van der Waals surface area contributed by atoms with Crippen LogP contribution in [0.1, 0.15) is 24.6 Å². The van der Waals surface area contributed by atoms with Gasteiger partial charge in [0.05, 0.1) is 0 Å². The number of hydrogen-bond acceptors (Lipinski definition) is 5. The lowest BCUT2D eigenvalue weighted by molar-refractivity contribution is 0.444. The van der Waals surface area contributed by atoms with Crippen molar-refractivity contribution in [1.29, 1.82) is 0 Å². The summed E-state index contributed by atoms with van der Waals surface area (Å²) >= 11 is 0. The zero-order valence-corrected chi connectivity index (χ0v) is 10.1. The van der Waals surface area contributed by atoms with Crippen LogP contribution >= 0.6 is 0 Å². The Morgan fingerprint density at radius 3 is 2.83 bits per heavy atom. The first-order valence-corrected chi connectivity index (χ1v) is 6.19. The van der Waals surface area contributed by atoms with Crippen molar-refractivity contribution in [1.82, 2.24) is 25.2 Å². The molecule has 6 nitrogen and oxygen atoms in total. The van der Waals surface area contributed by atoms with E-state index in [1.54, 1.807) is 6.20 Å². The molecular formula is C12H16N6. The molecule has 2 aromatic heterocycles. The van der Waals surface area contributed by atoms with Crippen molar-refractivity contribution in [3.8, 4) is 11.5 Å². The molecule has 0 spiro atoms. The Morgan fingerprint density at radius 2 is 2.11 bits per heavy atom. The summed E-state index contributed by atoms with van der Waals surface area (Å²) in [6.07, 6.45) is 3.85. The number of pyridine rings is 1. The van der Waals surface area contributed by atoms with Crippen LogP contribution in [0.15, 0.2) is 24.4 Å². The Balaban J connectivity index is 1.91. The highest BCUT2D eigenvalue weighted by atomic mass is 15.5. The van der Waals surface area contributed by atoms with E-state index in [1.807, 2.05) is 18.2 Å². The van der Waals surface area contributed by atoms with Crippen LogP contribution in [-0.2, 0) is 0 Å². The molecular weight excluding hydrogens is 228 g/mol. The summed E-state index contributed by atoms with van der Waals surface area (Å²) in [5.74, 6) is 7.73. The molecule has 1 saturated heterocycles. The summed E-state index contributed by atoms with van der Waals surface area (Å²) in [4.78, 5) is 10.1. The average Bonchev–Trinajstić information content (AvgIpc) is 2.83. The second-order valence-electron chi connectivity index (χ2n) is 4.48. The Labute approximate surface area is 105 Å². The molecule has 1 fully saturated rings. The van der Waals surface area contributed by atoms with E-state index in [4.69, 9.17) is 5.84 Å². The first kappa shape index (κ1) is 11.2. The second kappa shape index (κ2) is 4.73. The van der Waals surface area contributed by atoms with Gasteiger partial charge in [-0.05, 0) is 38.1 Å². The van der Waals surface area contributed by atoms with Gasteiger partial charge in [0.15, 0.2) is 11.6 Å². The van der Waals surface area contributed by atoms with E-state index < -0.39 is 0 Å². The van der Waals surface area contributed by atoms with Crippen molar-refractivity contribution >= 4 is 0 Å². The molecule has 3 heterocycles. The first-order valence-electron chi connectivity index (χ1n) is 6.19. The third-order valence-electron chi connectivity index (χ3n) is 3.25. The summed E-state index contributed by atoms with van der Waals surface area (Å²) in [5, 5.41) is 7.66. The lowest BCUT2D eigenvalue weighted by Gasteiger charge is -2.19. The fourth-order valence-corrected chi connectivity index (χ4v) is 2.26. The molecule has 3 N–H and O–H groups in total. The van der Waals surface area contributed by atoms with Crippen LogP contribution in [0.2, 0.25) is 0 Å². The maximum atomic E-state index is 5.87. The van der Waals surface area contributed by atoms with Crippen molar-refractivity contribution in [2.75, 3.05) is 18.9 Å². The third-order valence-corrected chi connectivity index (χ3v) is 3.25. The third kappa shape index (κ3) is 2.06. The van der Waals surface area contributed by atoms with Crippen molar-refractivity contribution < 1.29 is 0 Å². The van der Waals surface area contributed by atoms with Crippen LogP contribution in [0.3, 0.4) is 0 Å². The number of hydrogen-bond donors (Lipinski definition) is 2. The highest BCUT2D eigenvalue weighted by Gasteiger charge is 2.21. The van der Waals surface area contributed by atoms with Gasteiger partial charge in [-0.25, -0.2) is 4.98 Å². The first-order chi connectivity index (χ1) is 8.84. The van der Waals surface area contributed by atoms with Crippen molar-refractivity contribution in [3.63, 3.8) is 0 Å². The van der Waals surface area contributed by atoms with Gasteiger partial charge in [-0.2, -0.15) is 4.79 Å². The average molecular weight is 244 g/mol. The minimum atomic E-state index is 0.401. The topological polar surface area (TPSA) is 81.7 Å². The molecule has 1 aliphatic rings. The number of nitrogens with one attached hydrogen (secondary N) is 1. The van der Waals surface area contributed by atoms with Crippen LogP contribution in [0.4, 0.5) is 0 Å². The Bertz CT molecular complexity index is 515. The summed E-state index contributed by atoms with van der Waals surface area (Å²) in [5.41, 5.74) is 0.757. The molecule has 0 bridgehead atoms. The van der Waals surface area contributed by atoms with Crippen LogP contribution in [0, 0.1) is 0 Å². The van der Waals surface area contributed by atoms with Crippen LogP contribution in [-0.4, -0.2) is 32.9 Å². The molecule has 2 aromatic rings. The number of nitrogen functional groups attached to an aromatic ring is 1. The maximum Gasteiger partial charge on any atom is 0.199 e. The second-order valence-corrected chi connectivity index (χ2v) is 4.48. The molecule has 0 unspecified atom stereocenters. The summed E-state index contributed by atoms with van der Waals surface area (Å²) in [7, 11) is 0. The lowest BCUT2D eigenvalue weighted by Crippen LogP contribution is -2.27. The van der Waals surface area contributed by atoms with Gasteiger partial charge >= 0.3 is 0 Å². The Hall–Kier alpha value is -1.95. The van der Waals surface area contributed by atoms with Crippen LogP contribution < -0.4 is 11.2 Å². The van der Waals surface area contributed by atoms with Crippen LogP contribution in [0.25, 0.3) is 11.5 Å². The van der Waals surface area contributed by atoms with E-state index in [0.717, 1.165) is 37.4 Å². The highest BCUT2D eigenvalue weighted by Crippen LogP contribution is 2.24. The summed E-state index contributed by atoms with van der Waals surface area (Å²) < 4.78 is 0. The Kier molecular flexibility index (Phi) is 2.93. The SMILES string of the molecule is Nn1nc(C2CCNCC2)nc1-c1ccccn1.